The van der Waals surface area contributed by atoms with Gasteiger partial charge in [0.05, 0.1) is 5.69 Å². The van der Waals surface area contributed by atoms with E-state index < -0.39 is 0 Å². The van der Waals surface area contributed by atoms with Gasteiger partial charge in [-0.2, -0.15) is 0 Å². The first-order valence-corrected chi connectivity index (χ1v) is 7.15. The van der Waals surface area contributed by atoms with Crippen LogP contribution in [0.3, 0.4) is 0 Å². The van der Waals surface area contributed by atoms with Gasteiger partial charge in [-0.05, 0) is 30.2 Å². The molecule has 1 aliphatic heterocycles. The molecule has 1 aliphatic rings. The van der Waals surface area contributed by atoms with Crippen LogP contribution >= 0.6 is 11.8 Å². The Kier molecular flexibility index (Phi) is 2.09. The number of benzene rings is 2. The molecule has 0 fully saturated rings. The summed E-state index contributed by atoms with van der Waals surface area (Å²) in [6.45, 7) is 2.15. The van der Waals surface area contributed by atoms with Crippen LogP contribution in [0.5, 0.6) is 0 Å². The predicted octanol–water partition coefficient (Wildman–Crippen LogP) is 4.75. The summed E-state index contributed by atoms with van der Waals surface area (Å²) in [4.78, 5) is 4.98. The average Bonchev–Trinajstić information content (AvgIpc) is 2.77. The van der Waals surface area contributed by atoms with Crippen molar-refractivity contribution in [1.29, 1.82) is 0 Å². The molecule has 1 aromatic heterocycles. The fourth-order valence-electron chi connectivity index (χ4n) is 2.69. The standard InChI is InChI=1S/C16H13NS/c1-10-6-7-12-15(8-10)18-9-13-11-4-2-3-5-14(11)17-16(12)13/h2-8,17H,9H2,1H3. The maximum Gasteiger partial charge on any atom is 0.0517 e. The van der Waals surface area contributed by atoms with E-state index in [1.807, 2.05) is 11.8 Å². The third kappa shape index (κ3) is 1.36. The number of fused-ring (bicyclic) bond motifs is 5. The van der Waals surface area contributed by atoms with Gasteiger partial charge in [0.1, 0.15) is 0 Å². The van der Waals surface area contributed by atoms with E-state index in [4.69, 9.17) is 0 Å². The minimum Gasteiger partial charge on any atom is -0.354 e. The van der Waals surface area contributed by atoms with Gasteiger partial charge in [-0.1, -0.05) is 30.3 Å². The molecule has 0 saturated carbocycles. The molecule has 2 aromatic carbocycles. The summed E-state index contributed by atoms with van der Waals surface area (Å²) in [5.74, 6) is 1.07. The molecule has 0 amide bonds. The lowest BCUT2D eigenvalue weighted by Crippen LogP contribution is -1.94. The second kappa shape index (κ2) is 3.66. The van der Waals surface area contributed by atoms with Crippen molar-refractivity contribution in [2.24, 2.45) is 0 Å². The molecule has 4 rings (SSSR count). The van der Waals surface area contributed by atoms with Gasteiger partial charge in [-0.25, -0.2) is 0 Å². The summed E-state index contributed by atoms with van der Waals surface area (Å²) < 4.78 is 0. The van der Waals surface area contributed by atoms with E-state index in [-0.39, 0.29) is 0 Å². The van der Waals surface area contributed by atoms with E-state index in [1.54, 1.807) is 0 Å². The van der Waals surface area contributed by atoms with Crippen molar-refractivity contribution in [2.75, 3.05) is 0 Å². The zero-order valence-electron chi connectivity index (χ0n) is 10.2. The first kappa shape index (κ1) is 10.3. The number of aryl methyl sites for hydroxylation is 1. The van der Waals surface area contributed by atoms with Gasteiger partial charge in [0.2, 0.25) is 0 Å². The fraction of sp³-hybridized carbons (Fsp3) is 0.125. The molecule has 0 radical (unpaired) electrons. The van der Waals surface area contributed by atoms with E-state index in [0.29, 0.717) is 0 Å². The van der Waals surface area contributed by atoms with Crippen LogP contribution in [0.1, 0.15) is 11.1 Å². The second-order valence-corrected chi connectivity index (χ2v) is 5.83. The molecule has 0 bridgehead atoms. The molecular formula is C16H13NS. The molecule has 2 heteroatoms. The lowest BCUT2D eigenvalue weighted by Gasteiger charge is -2.16. The second-order valence-electron chi connectivity index (χ2n) is 4.81. The summed E-state index contributed by atoms with van der Waals surface area (Å²) in [6, 6.07) is 15.3. The van der Waals surface area contributed by atoms with Crippen LogP contribution in [-0.2, 0) is 5.75 Å². The highest BCUT2D eigenvalue weighted by atomic mass is 32.2. The van der Waals surface area contributed by atoms with Crippen LogP contribution in [0.15, 0.2) is 47.4 Å². The smallest absolute Gasteiger partial charge is 0.0517 e. The summed E-state index contributed by atoms with van der Waals surface area (Å²) >= 11 is 1.95. The van der Waals surface area contributed by atoms with Crippen LogP contribution in [-0.4, -0.2) is 4.98 Å². The third-order valence-electron chi connectivity index (χ3n) is 3.59. The topological polar surface area (TPSA) is 15.8 Å². The number of H-pyrrole nitrogens is 1. The van der Waals surface area contributed by atoms with Crippen LogP contribution in [0.25, 0.3) is 22.2 Å². The zero-order valence-corrected chi connectivity index (χ0v) is 11.0. The molecule has 0 atom stereocenters. The largest absolute Gasteiger partial charge is 0.354 e. The SMILES string of the molecule is Cc1ccc2c(c1)SCc1c-2[nH]c2ccccc12. The molecular weight excluding hydrogens is 238 g/mol. The van der Waals surface area contributed by atoms with Crippen molar-refractivity contribution in [3.8, 4) is 11.3 Å². The Morgan fingerprint density at radius 3 is 2.94 bits per heavy atom. The summed E-state index contributed by atoms with van der Waals surface area (Å²) in [6.07, 6.45) is 0. The van der Waals surface area contributed by atoms with E-state index in [9.17, 15) is 0 Å². The summed E-state index contributed by atoms with van der Waals surface area (Å²) in [7, 11) is 0. The van der Waals surface area contributed by atoms with Gasteiger partial charge in [-0.3, -0.25) is 0 Å². The third-order valence-corrected chi connectivity index (χ3v) is 4.67. The van der Waals surface area contributed by atoms with Crippen LogP contribution in [0, 0.1) is 6.92 Å². The highest BCUT2D eigenvalue weighted by Gasteiger charge is 2.20. The van der Waals surface area contributed by atoms with E-state index >= 15 is 0 Å². The maximum atomic E-state index is 3.58. The molecule has 0 spiro atoms. The molecule has 88 valence electrons. The van der Waals surface area contributed by atoms with E-state index in [1.165, 1.54) is 38.2 Å². The highest BCUT2D eigenvalue weighted by molar-refractivity contribution is 7.98. The molecule has 1 nitrogen and oxygen atoms in total. The Morgan fingerprint density at radius 1 is 1.11 bits per heavy atom. The van der Waals surface area contributed by atoms with Crippen LogP contribution in [0.4, 0.5) is 0 Å². The predicted molar refractivity (Wildman–Crippen MR) is 78.0 cm³/mol. The molecule has 0 unspecified atom stereocenters. The minimum absolute atomic E-state index is 1.07. The van der Waals surface area contributed by atoms with Gasteiger partial charge < -0.3 is 4.98 Å². The molecule has 0 aliphatic carbocycles. The van der Waals surface area contributed by atoms with Gasteiger partial charge in [0.25, 0.3) is 0 Å². The average molecular weight is 251 g/mol. The number of rotatable bonds is 0. The van der Waals surface area contributed by atoms with Gasteiger partial charge in [0, 0.05) is 27.1 Å². The normalized spacial score (nSPS) is 13.4. The Bertz CT molecular complexity index is 755. The van der Waals surface area contributed by atoms with Crippen molar-refractivity contribution in [3.05, 3.63) is 53.6 Å². The number of thioether (sulfide) groups is 1. The number of aromatic amines is 1. The number of hydrogen-bond donors (Lipinski definition) is 1. The lowest BCUT2D eigenvalue weighted by atomic mass is 10.0. The molecule has 3 aromatic rings. The Balaban J connectivity index is 2.06. The number of nitrogens with one attached hydrogen (secondary N) is 1. The zero-order chi connectivity index (χ0) is 12.1. The fourth-order valence-corrected chi connectivity index (χ4v) is 3.88. The Labute approximate surface area is 110 Å². The molecule has 18 heavy (non-hydrogen) atoms. The summed E-state index contributed by atoms with van der Waals surface area (Å²) in [5.41, 5.74) is 6.69. The highest BCUT2D eigenvalue weighted by Crippen LogP contribution is 2.44. The van der Waals surface area contributed by atoms with Crippen molar-refractivity contribution < 1.29 is 0 Å². The Morgan fingerprint density at radius 2 is 2.00 bits per heavy atom. The van der Waals surface area contributed by atoms with Gasteiger partial charge in [0.15, 0.2) is 0 Å². The Hall–Kier alpha value is -1.67. The molecule has 1 N–H and O–H groups in total. The van der Waals surface area contributed by atoms with Crippen molar-refractivity contribution in [2.45, 2.75) is 17.6 Å². The molecule has 0 saturated heterocycles. The van der Waals surface area contributed by atoms with Crippen molar-refractivity contribution >= 4 is 22.7 Å². The van der Waals surface area contributed by atoms with Crippen molar-refractivity contribution in [3.63, 3.8) is 0 Å². The number of hydrogen-bond acceptors (Lipinski definition) is 1. The number of aromatic nitrogens is 1. The van der Waals surface area contributed by atoms with Crippen LogP contribution < -0.4 is 0 Å². The first-order chi connectivity index (χ1) is 8.83. The van der Waals surface area contributed by atoms with Crippen LogP contribution in [0.2, 0.25) is 0 Å². The number of para-hydroxylation sites is 1. The monoisotopic (exact) mass is 251 g/mol. The van der Waals surface area contributed by atoms with Gasteiger partial charge in [-0.15, -0.1) is 11.8 Å². The summed E-state index contributed by atoms with van der Waals surface area (Å²) in [5, 5.41) is 1.37. The minimum atomic E-state index is 1.07. The molecule has 2 heterocycles. The van der Waals surface area contributed by atoms with Crippen molar-refractivity contribution in [1.82, 2.24) is 4.98 Å². The lowest BCUT2D eigenvalue weighted by molar-refractivity contribution is 1.27. The quantitative estimate of drug-likeness (QED) is 0.609. The van der Waals surface area contributed by atoms with E-state index in [2.05, 4.69) is 54.4 Å². The maximum absolute atomic E-state index is 3.58. The first-order valence-electron chi connectivity index (χ1n) is 6.16. The van der Waals surface area contributed by atoms with E-state index in [0.717, 1.165) is 5.75 Å². The van der Waals surface area contributed by atoms with Gasteiger partial charge >= 0.3 is 0 Å².